The van der Waals surface area contributed by atoms with Crippen LogP contribution in [0.5, 0.6) is 6.01 Å². The number of hydrogen-bond donors (Lipinski definition) is 0. The number of likely N-dealkylation sites (tertiary alicyclic amines) is 1. The van der Waals surface area contributed by atoms with Gasteiger partial charge in [-0.2, -0.15) is 15.1 Å². The number of hydrogen-bond acceptors (Lipinski definition) is 8. The Bertz CT molecular complexity index is 1270. The highest BCUT2D eigenvalue weighted by atomic mass is 16.6. The van der Waals surface area contributed by atoms with Crippen molar-refractivity contribution in [2.24, 2.45) is 0 Å². The lowest BCUT2D eigenvalue weighted by Crippen LogP contribution is -2.41. The van der Waals surface area contributed by atoms with Gasteiger partial charge in [-0.05, 0) is 69.7 Å². The Labute approximate surface area is 217 Å². The first-order valence-corrected chi connectivity index (χ1v) is 12.9. The van der Waals surface area contributed by atoms with Gasteiger partial charge in [-0.3, -0.25) is 0 Å². The number of aromatic nitrogens is 4. The van der Waals surface area contributed by atoms with Crippen LogP contribution in [0.2, 0.25) is 0 Å². The average Bonchev–Trinajstić information content (AvgIpc) is 3.30. The number of amides is 1. The molecule has 0 spiro atoms. The zero-order valence-corrected chi connectivity index (χ0v) is 22.4. The van der Waals surface area contributed by atoms with Gasteiger partial charge in [-0.15, -0.1) is 0 Å². The second kappa shape index (κ2) is 10.2. The van der Waals surface area contributed by atoms with Gasteiger partial charge in [0, 0.05) is 37.6 Å². The quantitative estimate of drug-likeness (QED) is 0.520. The molecule has 10 heteroatoms. The third-order valence-electron chi connectivity index (χ3n) is 6.96. The fourth-order valence-electron chi connectivity index (χ4n) is 5.08. The molecule has 37 heavy (non-hydrogen) atoms. The zero-order chi connectivity index (χ0) is 26.2. The lowest BCUT2D eigenvalue weighted by Gasteiger charge is -2.34. The molecular weight excluding hydrogens is 472 g/mol. The van der Waals surface area contributed by atoms with E-state index >= 15 is 0 Å². The van der Waals surface area contributed by atoms with Gasteiger partial charge >= 0.3 is 12.1 Å². The van der Waals surface area contributed by atoms with Crippen molar-refractivity contribution in [3.05, 3.63) is 35.5 Å². The van der Waals surface area contributed by atoms with E-state index in [1.54, 1.807) is 7.11 Å². The van der Waals surface area contributed by atoms with Gasteiger partial charge in [-0.1, -0.05) is 0 Å². The van der Waals surface area contributed by atoms with Crippen LogP contribution in [-0.2, 0) is 9.47 Å². The summed E-state index contributed by atoms with van der Waals surface area (Å²) in [5.74, 6) is 1.82. The van der Waals surface area contributed by atoms with Gasteiger partial charge in [0.1, 0.15) is 11.4 Å². The van der Waals surface area contributed by atoms with Crippen LogP contribution < -0.4 is 9.64 Å². The highest BCUT2D eigenvalue weighted by molar-refractivity contribution is 5.82. The first kappa shape index (κ1) is 25.3. The van der Waals surface area contributed by atoms with E-state index in [1.165, 1.54) is 11.1 Å². The molecule has 2 aromatic heterocycles. The van der Waals surface area contributed by atoms with Crippen LogP contribution >= 0.6 is 0 Å². The van der Waals surface area contributed by atoms with Crippen LogP contribution in [0.1, 0.15) is 50.7 Å². The molecule has 2 aliphatic heterocycles. The highest BCUT2D eigenvalue weighted by Crippen LogP contribution is 2.34. The number of anilines is 1. The van der Waals surface area contributed by atoms with Crippen molar-refractivity contribution < 1.29 is 19.0 Å². The van der Waals surface area contributed by atoms with E-state index in [1.807, 2.05) is 42.6 Å². The van der Waals surface area contributed by atoms with Crippen molar-refractivity contribution in [2.75, 3.05) is 51.4 Å². The van der Waals surface area contributed by atoms with Crippen molar-refractivity contribution in [1.82, 2.24) is 24.6 Å². The summed E-state index contributed by atoms with van der Waals surface area (Å²) in [6.07, 6.45) is 3.43. The van der Waals surface area contributed by atoms with E-state index < -0.39 is 5.60 Å². The molecule has 0 bridgehead atoms. The molecular formula is C27H36N6O4. The van der Waals surface area contributed by atoms with Crippen molar-refractivity contribution in [3.8, 4) is 11.8 Å². The summed E-state index contributed by atoms with van der Waals surface area (Å²) < 4.78 is 18.4. The van der Waals surface area contributed by atoms with E-state index in [-0.39, 0.29) is 6.09 Å². The van der Waals surface area contributed by atoms with Gasteiger partial charge in [0.15, 0.2) is 5.82 Å². The number of fused-ring (bicyclic) bond motifs is 1. The second-order valence-electron chi connectivity index (χ2n) is 10.7. The van der Waals surface area contributed by atoms with Crippen molar-refractivity contribution in [3.63, 3.8) is 0 Å². The first-order chi connectivity index (χ1) is 17.7. The van der Waals surface area contributed by atoms with Gasteiger partial charge in [0.25, 0.3) is 0 Å². The Kier molecular flexibility index (Phi) is 6.94. The normalized spacial score (nSPS) is 17.3. The fourth-order valence-corrected chi connectivity index (χ4v) is 5.08. The molecule has 0 radical (unpaired) electrons. The molecule has 0 saturated carbocycles. The minimum absolute atomic E-state index is 0.231. The number of carbonyl (C=O) groups excluding carboxylic acids is 1. The number of morpholine rings is 1. The molecule has 198 valence electrons. The zero-order valence-electron chi connectivity index (χ0n) is 22.4. The number of rotatable bonds is 4. The predicted octanol–water partition coefficient (Wildman–Crippen LogP) is 4.08. The maximum absolute atomic E-state index is 12.5. The van der Waals surface area contributed by atoms with Gasteiger partial charge < -0.3 is 24.0 Å². The van der Waals surface area contributed by atoms with Crippen LogP contribution in [-0.4, -0.2) is 82.8 Å². The summed E-state index contributed by atoms with van der Waals surface area (Å²) in [5, 5.41) is 5.74. The van der Waals surface area contributed by atoms with Crippen LogP contribution in [0.3, 0.4) is 0 Å². The number of benzene rings is 1. The molecule has 0 N–H and O–H groups in total. The summed E-state index contributed by atoms with van der Waals surface area (Å²) >= 11 is 0. The number of carbonyl (C=O) groups is 1. The Balaban J connectivity index is 1.42. The minimum Gasteiger partial charge on any atom is -0.467 e. The molecule has 4 heterocycles. The van der Waals surface area contributed by atoms with Crippen LogP contribution in [0, 0.1) is 6.92 Å². The number of ether oxygens (including phenoxy) is 3. The molecule has 1 amide bonds. The van der Waals surface area contributed by atoms with Crippen LogP contribution in [0.25, 0.3) is 16.7 Å². The Morgan fingerprint density at radius 1 is 1.03 bits per heavy atom. The summed E-state index contributed by atoms with van der Waals surface area (Å²) in [6, 6.07) is 6.69. The van der Waals surface area contributed by atoms with Crippen molar-refractivity contribution >= 4 is 22.8 Å². The number of nitrogens with zero attached hydrogens (tertiary/aromatic N) is 6. The summed E-state index contributed by atoms with van der Waals surface area (Å²) in [4.78, 5) is 25.7. The highest BCUT2D eigenvalue weighted by Gasteiger charge is 2.28. The average molecular weight is 509 g/mol. The second-order valence-corrected chi connectivity index (χ2v) is 10.7. The van der Waals surface area contributed by atoms with E-state index in [4.69, 9.17) is 14.2 Å². The van der Waals surface area contributed by atoms with E-state index in [9.17, 15) is 4.79 Å². The van der Waals surface area contributed by atoms with Gasteiger partial charge in [0.2, 0.25) is 0 Å². The third kappa shape index (κ3) is 5.49. The molecule has 2 saturated heterocycles. The van der Waals surface area contributed by atoms with E-state index in [0.29, 0.717) is 44.0 Å². The topological polar surface area (TPSA) is 94.8 Å². The van der Waals surface area contributed by atoms with Crippen molar-refractivity contribution in [1.29, 1.82) is 0 Å². The number of piperidine rings is 1. The van der Waals surface area contributed by atoms with Crippen molar-refractivity contribution in [2.45, 2.75) is 52.1 Å². The molecule has 2 fully saturated rings. The predicted molar refractivity (Wildman–Crippen MR) is 141 cm³/mol. The van der Waals surface area contributed by atoms with E-state index in [2.05, 4.69) is 39.0 Å². The van der Waals surface area contributed by atoms with Gasteiger partial charge in [0.05, 0.1) is 32.0 Å². The Morgan fingerprint density at radius 3 is 2.41 bits per heavy atom. The molecule has 5 rings (SSSR count). The van der Waals surface area contributed by atoms with Gasteiger partial charge in [-0.25, -0.2) is 9.48 Å². The lowest BCUT2D eigenvalue weighted by molar-refractivity contribution is 0.0205. The summed E-state index contributed by atoms with van der Waals surface area (Å²) in [6.45, 7) is 12.1. The summed E-state index contributed by atoms with van der Waals surface area (Å²) in [5.41, 5.74) is 3.02. The Hall–Kier alpha value is -3.40. The van der Waals surface area contributed by atoms with E-state index in [0.717, 1.165) is 42.7 Å². The molecule has 0 atom stereocenters. The summed E-state index contributed by atoms with van der Waals surface area (Å²) in [7, 11) is 1.58. The largest absolute Gasteiger partial charge is 0.467 e. The lowest BCUT2D eigenvalue weighted by atomic mass is 9.86. The molecule has 0 unspecified atom stereocenters. The molecule has 3 aromatic rings. The first-order valence-electron chi connectivity index (χ1n) is 12.9. The van der Waals surface area contributed by atoms with Crippen LogP contribution in [0.4, 0.5) is 10.6 Å². The standard InChI is InChI=1S/C27H36N6O4/c1-18-14-20-17-28-33(24-16-23(29-25(30-24)35-5)31-10-12-36-13-11-31)22(20)15-21(18)19-6-8-32(9-7-19)26(34)37-27(2,3)4/h14-17,19H,6-13H2,1-5H3. The maximum Gasteiger partial charge on any atom is 0.410 e. The third-order valence-corrected chi connectivity index (χ3v) is 6.96. The Morgan fingerprint density at radius 2 is 1.73 bits per heavy atom. The molecule has 10 nitrogen and oxygen atoms in total. The SMILES string of the molecule is COc1nc(N2CCOCC2)cc(-n2ncc3cc(C)c(C4CCN(C(=O)OC(C)(C)C)CC4)cc32)n1. The van der Waals surface area contributed by atoms with Crippen LogP contribution in [0.15, 0.2) is 24.4 Å². The molecule has 0 aliphatic carbocycles. The monoisotopic (exact) mass is 508 g/mol. The molecule has 1 aromatic carbocycles. The number of aryl methyl sites for hydroxylation is 1. The minimum atomic E-state index is -0.487. The molecule has 2 aliphatic rings. The number of methoxy groups -OCH3 is 1. The maximum atomic E-state index is 12.5. The fraction of sp³-hybridized carbons (Fsp3) is 0.556. The smallest absolute Gasteiger partial charge is 0.410 e.